The van der Waals surface area contributed by atoms with Gasteiger partial charge in [-0.1, -0.05) is 12.1 Å². The normalized spacial score (nSPS) is 25.8. The number of rotatable bonds is 4. The lowest BCUT2D eigenvalue weighted by atomic mass is 10.1. The van der Waals surface area contributed by atoms with Crippen molar-refractivity contribution in [1.29, 1.82) is 0 Å². The van der Waals surface area contributed by atoms with Gasteiger partial charge in [0.15, 0.2) is 0 Å². The summed E-state index contributed by atoms with van der Waals surface area (Å²) in [6.07, 6.45) is -0.945. The van der Waals surface area contributed by atoms with Gasteiger partial charge in [0.25, 0.3) is 5.91 Å². The van der Waals surface area contributed by atoms with Crippen LogP contribution in [0.3, 0.4) is 0 Å². The van der Waals surface area contributed by atoms with E-state index in [1.807, 2.05) is 13.8 Å². The molecule has 3 rings (SSSR count). The van der Waals surface area contributed by atoms with Gasteiger partial charge in [-0.05, 0) is 32.4 Å². The molecule has 5 amide bonds. The van der Waals surface area contributed by atoms with E-state index in [0.29, 0.717) is 13.1 Å². The fourth-order valence-corrected chi connectivity index (χ4v) is 4.45. The number of benzene rings is 1. The van der Waals surface area contributed by atoms with Crippen LogP contribution in [0, 0.1) is 0 Å². The van der Waals surface area contributed by atoms with Gasteiger partial charge >= 0.3 is 0 Å². The topological polar surface area (TPSA) is 160 Å². The van der Waals surface area contributed by atoms with E-state index < -0.39 is 48.0 Å². The fourth-order valence-electron chi connectivity index (χ4n) is 4.45. The first kappa shape index (κ1) is 27.9. The molecule has 4 N–H and O–H groups in total. The first-order valence-electron chi connectivity index (χ1n) is 12.3. The van der Waals surface area contributed by atoms with Crippen molar-refractivity contribution < 1.29 is 33.4 Å². The summed E-state index contributed by atoms with van der Waals surface area (Å²) >= 11 is 0. The molecule has 2 heterocycles. The van der Waals surface area contributed by atoms with Crippen LogP contribution in [-0.4, -0.2) is 96.9 Å². The minimum Gasteiger partial charge on any atom is -0.491 e. The van der Waals surface area contributed by atoms with Crippen LogP contribution in [0.1, 0.15) is 43.5 Å². The molecule has 37 heavy (non-hydrogen) atoms. The number of hydrogen-bond acceptors (Lipinski definition) is 7. The quantitative estimate of drug-likeness (QED) is 0.481. The van der Waals surface area contributed by atoms with Gasteiger partial charge in [-0.3, -0.25) is 24.0 Å². The highest BCUT2D eigenvalue weighted by molar-refractivity contribution is 6.01. The lowest BCUT2D eigenvalue weighted by Crippen LogP contribution is -2.57. The van der Waals surface area contributed by atoms with Gasteiger partial charge < -0.3 is 35.6 Å². The maximum Gasteiger partial charge on any atom is 0.255 e. The number of primary amides is 1. The number of hydrogen-bond donors (Lipinski definition) is 3. The molecule has 12 heteroatoms. The summed E-state index contributed by atoms with van der Waals surface area (Å²) < 4.78 is 11.5. The Bertz CT molecular complexity index is 1020. The number of amides is 5. The Kier molecular flexibility index (Phi) is 9.45. The van der Waals surface area contributed by atoms with Crippen molar-refractivity contribution in [1.82, 2.24) is 20.4 Å². The van der Waals surface area contributed by atoms with E-state index in [2.05, 4.69) is 10.6 Å². The Morgan fingerprint density at radius 1 is 1.08 bits per heavy atom. The van der Waals surface area contributed by atoms with Crippen LogP contribution in [0.5, 0.6) is 5.75 Å². The van der Waals surface area contributed by atoms with E-state index in [1.54, 1.807) is 36.2 Å². The second-order valence-corrected chi connectivity index (χ2v) is 9.46. The maximum atomic E-state index is 13.5. The Hall–Kier alpha value is -3.67. The molecule has 2 aliphatic rings. The van der Waals surface area contributed by atoms with Crippen LogP contribution in [0.15, 0.2) is 24.3 Å². The zero-order chi connectivity index (χ0) is 27.1. The number of morpholine rings is 1. The predicted molar refractivity (Wildman–Crippen MR) is 132 cm³/mol. The van der Waals surface area contributed by atoms with Crippen LogP contribution in [-0.2, 0) is 23.9 Å². The molecule has 1 fully saturated rings. The van der Waals surface area contributed by atoms with Crippen LogP contribution >= 0.6 is 0 Å². The molecule has 1 saturated heterocycles. The summed E-state index contributed by atoms with van der Waals surface area (Å²) in [4.78, 5) is 67.1. The number of nitrogens with two attached hydrogens (primary N) is 1. The Morgan fingerprint density at radius 3 is 2.43 bits per heavy atom. The predicted octanol–water partition coefficient (Wildman–Crippen LogP) is -0.588. The molecule has 0 bridgehead atoms. The van der Waals surface area contributed by atoms with Crippen molar-refractivity contribution in [3.8, 4) is 5.75 Å². The van der Waals surface area contributed by atoms with Gasteiger partial charge in [0.1, 0.15) is 24.4 Å². The van der Waals surface area contributed by atoms with Gasteiger partial charge in [-0.2, -0.15) is 0 Å². The standard InChI is InChI=1S/C25H35N5O7/c1-15-13-30(14-16(2)37-15)25(35)19-12-22(32)27-18(8-9-21(26)31)24(34)29(3)10-11-36-20-7-5-4-6-17(20)23(33)28-19/h4-7,15-16,18-19H,8-14H2,1-3H3,(H2,26,31)(H,27,32)(H,28,33)/t15-,16+,18-,19-/m0/s1. The zero-order valence-electron chi connectivity index (χ0n) is 21.4. The summed E-state index contributed by atoms with van der Waals surface area (Å²) in [6.45, 7) is 4.55. The molecule has 4 atom stereocenters. The van der Waals surface area contributed by atoms with Crippen LogP contribution in [0.2, 0.25) is 0 Å². The largest absolute Gasteiger partial charge is 0.491 e. The highest BCUT2D eigenvalue weighted by atomic mass is 16.5. The molecule has 0 aromatic heterocycles. The second-order valence-electron chi connectivity index (χ2n) is 9.46. The number of para-hydroxylation sites is 1. The third-order valence-electron chi connectivity index (χ3n) is 6.23. The molecule has 2 aliphatic heterocycles. The fraction of sp³-hybridized carbons (Fsp3) is 0.560. The van der Waals surface area contributed by atoms with E-state index in [-0.39, 0.29) is 49.5 Å². The van der Waals surface area contributed by atoms with Crippen molar-refractivity contribution >= 4 is 29.5 Å². The van der Waals surface area contributed by atoms with Crippen LogP contribution in [0.25, 0.3) is 0 Å². The van der Waals surface area contributed by atoms with Gasteiger partial charge in [-0.15, -0.1) is 0 Å². The number of nitrogens with one attached hydrogen (secondary N) is 2. The minimum atomic E-state index is -1.20. The minimum absolute atomic E-state index is 0.00258. The molecule has 12 nitrogen and oxygen atoms in total. The van der Waals surface area contributed by atoms with Crippen LogP contribution < -0.4 is 21.1 Å². The van der Waals surface area contributed by atoms with Gasteiger partial charge in [0.05, 0.1) is 30.7 Å². The van der Waals surface area contributed by atoms with Crippen molar-refractivity contribution in [2.45, 2.75) is 57.4 Å². The van der Waals surface area contributed by atoms with Crippen LogP contribution in [0.4, 0.5) is 0 Å². The summed E-state index contributed by atoms with van der Waals surface area (Å²) in [7, 11) is 1.55. The zero-order valence-corrected chi connectivity index (χ0v) is 21.4. The molecular formula is C25H35N5O7. The molecule has 0 saturated carbocycles. The Balaban J connectivity index is 1.92. The number of ether oxygens (including phenoxy) is 2. The van der Waals surface area contributed by atoms with E-state index >= 15 is 0 Å². The number of likely N-dealkylation sites (N-methyl/N-ethyl adjacent to an activating group) is 1. The summed E-state index contributed by atoms with van der Waals surface area (Å²) in [6, 6.07) is 4.31. The molecule has 1 aromatic carbocycles. The van der Waals surface area contributed by atoms with Gasteiger partial charge in [0.2, 0.25) is 23.6 Å². The molecule has 0 aliphatic carbocycles. The third kappa shape index (κ3) is 7.66. The average Bonchev–Trinajstić information content (AvgIpc) is 2.84. The molecule has 0 radical (unpaired) electrons. The molecule has 202 valence electrons. The Morgan fingerprint density at radius 2 is 1.76 bits per heavy atom. The third-order valence-corrected chi connectivity index (χ3v) is 6.23. The summed E-state index contributed by atoms with van der Waals surface area (Å²) in [5.41, 5.74) is 5.46. The summed E-state index contributed by atoms with van der Waals surface area (Å²) in [5, 5.41) is 5.31. The van der Waals surface area contributed by atoms with Gasteiger partial charge in [-0.25, -0.2) is 0 Å². The van der Waals surface area contributed by atoms with E-state index in [0.717, 1.165) is 0 Å². The second kappa shape index (κ2) is 12.5. The number of nitrogens with zero attached hydrogens (tertiary/aromatic N) is 2. The highest BCUT2D eigenvalue weighted by Gasteiger charge is 2.34. The van der Waals surface area contributed by atoms with Crippen molar-refractivity contribution in [2.24, 2.45) is 5.73 Å². The highest BCUT2D eigenvalue weighted by Crippen LogP contribution is 2.20. The Labute approximate surface area is 215 Å². The first-order valence-corrected chi connectivity index (χ1v) is 12.3. The smallest absolute Gasteiger partial charge is 0.255 e. The van der Waals surface area contributed by atoms with E-state index in [1.165, 1.54) is 4.90 Å². The molecular weight excluding hydrogens is 482 g/mol. The van der Waals surface area contributed by atoms with E-state index in [4.69, 9.17) is 15.2 Å². The van der Waals surface area contributed by atoms with Crippen molar-refractivity contribution in [3.05, 3.63) is 29.8 Å². The number of fused-ring (bicyclic) bond motifs is 1. The first-order chi connectivity index (χ1) is 17.5. The molecule has 1 aromatic rings. The molecule has 0 unspecified atom stereocenters. The lowest BCUT2D eigenvalue weighted by Gasteiger charge is -2.37. The van der Waals surface area contributed by atoms with E-state index in [9.17, 15) is 24.0 Å². The lowest BCUT2D eigenvalue weighted by molar-refractivity contribution is -0.146. The van der Waals surface area contributed by atoms with Crippen molar-refractivity contribution in [3.63, 3.8) is 0 Å². The maximum absolute atomic E-state index is 13.5. The number of carbonyl (C=O) groups is 5. The number of carbonyl (C=O) groups excluding carboxylic acids is 5. The SMILES string of the molecule is C[C@@H]1CN(C(=O)[C@@H]2CC(=O)N[C@@H](CCC(N)=O)C(=O)N(C)CCOc3ccccc3C(=O)N2)C[C@H](C)O1. The molecule has 0 spiro atoms. The van der Waals surface area contributed by atoms with Crippen molar-refractivity contribution in [2.75, 3.05) is 33.3 Å². The average molecular weight is 518 g/mol. The van der Waals surface area contributed by atoms with Gasteiger partial charge in [0, 0.05) is 26.6 Å². The summed E-state index contributed by atoms with van der Waals surface area (Å²) in [5.74, 6) is -2.37. The monoisotopic (exact) mass is 517 g/mol.